The van der Waals surface area contributed by atoms with Crippen LogP contribution in [0.5, 0.6) is 0 Å². The standard InChI is InChI=1S/C18H22F3NO2/c19-14-4-5-15(20)17(21)13(14)8-16(24)22-7-1-6-18(10-22,11-23)9-12-2-3-12/h4-5,12,23H,1-3,6-11H2/t18-/m1/s1. The maximum Gasteiger partial charge on any atom is 0.227 e. The number of aliphatic hydroxyl groups is 1. The van der Waals surface area contributed by atoms with E-state index in [9.17, 15) is 23.1 Å². The monoisotopic (exact) mass is 341 g/mol. The molecule has 1 aliphatic carbocycles. The van der Waals surface area contributed by atoms with Gasteiger partial charge in [-0.2, -0.15) is 0 Å². The van der Waals surface area contributed by atoms with E-state index in [-0.39, 0.29) is 12.0 Å². The van der Waals surface area contributed by atoms with Crippen LogP contribution in [0, 0.1) is 28.8 Å². The molecule has 1 saturated heterocycles. The van der Waals surface area contributed by atoms with Crippen LogP contribution in [0.15, 0.2) is 12.1 Å². The van der Waals surface area contributed by atoms with Gasteiger partial charge in [0.2, 0.25) is 5.91 Å². The zero-order valence-electron chi connectivity index (χ0n) is 13.5. The van der Waals surface area contributed by atoms with E-state index in [0.29, 0.717) is 25.1 Å². The molecule has 132 valence electrons. The van der Waals surface area contributed by atoms with E-state index in [1.54, 1.807) is 4.90 Å². The van der Waals surface area contributed by atoms with Gasteiger partial charge in [0.25, 0.3) is 0 Å². The summed E-state index contributed by atoms with van der Waals surface area (Å²) in [5.41, 5.74) is -0.837. The summed E-state index contributed by atoms with van der Waals surface area (Å²) in [5.74, 6) is -3.18. The summed E-state index contributed by atoms with van der Waals surface area (Å²) in [4.78, 5) is 14.0. The fraction of sp³-hybridized carbons (Fsp3) is 0.611. The lowest BCUT2D eigenvalue weighted by atomic mass is 9.76. The molecule has 1 saturated carbocycles. The molecule has 2 fully saturated rings. The molecule has 24 heavy (non-hydrogen) atoms. The minimum absolute atomic E-state index is 0.00989. The number of rotatable bonds is 5. The molecule has 0 unspecified atom stereocenters. The molecule has 1 heterocycles. The molecule has 1 aliphatic heterocycles. The molecule has 2 aliphatic rings. The summed E-state index contributed by atoms with van der Waals surface area (Å²) < 4.78 is 40.8. The Hall–Kier alpha value is -1.56. The van der Waals surface area contributed by atoms with Gasteiger partial charge in [0.1, 0.15) is 5.82 Å². The Kier molecular flexibility index (Phi) is 4.85. The number of hydrogen-bond donors (Lipinski definition) is 1. The minimum Gasteiger partial charge on any atom is -0.396 e. The minimum atomic E-state index is -1.30. The molecular weight excluding hydrogens is 319 g/mol. The van der Waals surface area contributed by atoms with Gasteiger partial charge in [-0.25, -0.2) is 13.2 Å². The number of likely N-dealkylation sites (tertiary alicyclic amines) is 1. The Bertz CT molecular complexity index is 633. The number of piperidine rings is 1. The summed E-state index contributed by atoms with van der Waals surface area (Å²) in [5, 5.41) is 9.82. The number of hydrogen-bond acceptors (Lipinski definition) is 2. The summed E-state index contributed by atoms with van der Waals surface area (Å²) in [6.45, 7) is 0.914. The highest BCUT2D eigenvalue weighted by Crippen LogP contribution is 2.44. The molecule has 1 aromatic rings. The Labute approximate surface area is 139 Å². The fourth-order valence-corrected chi connectivity index (χ4v) is 3.71. The normalized spacial score (nSPS) is 24.2. The third-order valence-corrected chi connectivity index (χ3v) is 5.24. The van der Waals surface area contributed by atoms with Crippen molar-refractivity contribution in [3.63, 3.8) is 0 Å². The van der Waals surface area contributed by atoms with Crippen LogP contribution in [0.3, 0.4) is 0 Å². The Balaban J connectivity index is 1.71. The average Bonchev–Trinajstić information content (AvgIpc) is 3.39. The van der Waals surface area contributed by atoms with Crippen LogP contribution < -0.4 is 0 Å². The van der Waals surface area contributed by atoms with Gasteiger partial charge in [0.15, 0.2) is 11.6 Å². The van der Waals surface area contributed by atoms with Crippen molar-refractivity contribution in [3.05, 3.63) is 35.1 Å². The number of halogens is 3. The number of carbonyl (C=O) groups is 1. The Morgan fingerprint density at radius 2 is 1.96 bits per heavy atom. The highest BCUT2D eigenvalue weighted by Gasteiger charge is 2.41. The van der Waals surface area contributed by atoms with Crippen LogP contribution in [-0.4, -0.2) is 35.6 Å². The van der Waals surface area contributed by atoms with Crippen LogP contribution in [0.4, 0.5) is 13.2 Å². The number of carbonyl (C=O) groups excluding carboxylic acids is 1. The largest absolute Gasteiger partial charge is 0.396 e. The first-order valence-corrected chi connectivity index (χ1v) is 8.45. The first-order valence-electron chi connectivity index (χ1n) is 8.45. The quantitative estimate of drug-likeness (QED) is 0.837. The van der Waals surface area contributed by atoms with Gasteiger partial charge in [-0.15, -0.1) is 0 Å². The van der Waals surface area contributed by atoms with E-state index < -0.39 is 35.3 Å². The molecular formula is C18H22F3NO2. The number of nitrogens with zero attached hydrogens (tertiary/aromatic N) is 1. The van der Waals surface area contributed by atoms with Crippen LogP contribution in [-0.2, 0) is 11.2 Å². The Morgan fingerprint density at radius 3 is 2.62 bits per heavy atom. The predicted octanol–water partition coefficient (Wildman–Crippen LogP) is 3.05. The van der Waals surface area contributed by atoms with Crippen molar-refractivity contribution < 1.29 is 23.1 Å². The smallest absolute Gasteiger partial charge is 0.227 e. The lowest BCUT2D eigenvalue weighted by molar-refractivity contribution is -0.135. The lowest BCUT2D eigenvalue weighted by Gasteiger charge is -2.42. The highest BCUT2D eigenvalue weighted by molar-refractivity contribution is 5.79. The van der Waals surface area contributed by atoms with E-state index in [1.807, 2.05) is 0 Å². The molecule has 0 spiro atoms. The molecule has 0 radical (unpaired) electrons. The van der Waals surface area contributed by atoms with Crippen LogP contribution >= 0.6 is 0 Å². The third-order valence-electron chi connectivity index (χ3n) is 5.24. The molecule has 3 rings (SSSR count). The van der Waals surface area contributed by atoms with Gasteiger partial charge in [-0.05, 0) is 37.3 Å². The first-order chi connectivity index (χ1) is 11.4. The highest BCUT2D eigenvalue weighted by atomic mass is 19.2. The van der Waals surface area contributed by atoms with Crippen molar-refractivity contribution in [2.45, 2.75) is 38.5 Å². The van der Waals surface area contributed by atoms with E-state index in [2.05, 4.69) is 0 Å². The molecule has 3 nitrogen and oxygen atoms in total. The molecule has 0 aromatic heterocycles. The van der Waals surface area contributed by atoms with Crippen molar-refractivity contribution >= 4 is 5.91 Å². The summed E-state index contributed by atoms with van der Waals surface area (Å²) in [6, 6.07) is 1.55. The van der Waals surface area contributed by atoms with Gasteiger partial charge >= 0.3 is 0 Å². The zero-order chi connectivity index (χ0) is 17.3. The lowest BCUT2D eigenvalue weighted by Crippen LogP contribution is -2.48. The molecule has 1 amide bonds. The van der Waals surface area contributed by atoms with Gasteiger partial charge in [-0.1, -0.05) is 12.8 Å². The average molecular weight is 341 g/mol. The zero-order valence-corrected chi connectivity index (χ0v) is 13.5. The summed E-state index contributed by atoms with van der Waals surface area (Å²) >= 11 is 0. The number of benzene rings is 1. The second-order valence-electron chi connectivity index (χ2n) is 7.22. The van der Waals surface area contributed by atoms with Gasteiger partial charge in [0.05, 0.1) is 13.0 Å². The fourth-order valence-electron chi connectivity index (χ4n) is 3.71. The van der Waals surface area contributed by atoms with Crippen molar-refractivity contribution in [1.29, 1.82) is 0 Å². The number of aliphatic hydroxyl groups excluding tert-OH is 1. The van der Waals surface area contributed by atoms with E-state index in [0.717, 1.165) is 38.2 Å². The van der Waals surface area contributed by atoms with Crippen molar-refractivity contribution in [2.24, 2.45) is 11.3 Å². The SMILES string of the molecule is O=C(Cc1c(F)ccc(F)c1F)N1CCC[C@@](CO)(CC2CC2)C1. The van der Waals surface area contributed by atoms with Crippen LogP contribution in [0.1, 0.15) is 37.7 Å². The van der Waals surface area contributed by atoms with Crippen molar-refractivity contribution in [1.82, 2.24) is 4.90 Å². The van der Waals surface area contributed by atoms with Gasteiger partial charge < -0.3 is 10.0 Å². The number of amides is 1. The first kappa shape index (κ1) is 17.3. The maximum absolute atomic E-state index is 13.8. The third kappa shape index (κ3) is 3.58. The van der Waals surface area contributed by atoms with Crippen LogP contribution in [0.2, 0.25) is 0 Å². The molecule has 1 atom stereocenters. The van der Waals surface area contributed by atoms with Crippen molar-refractivity contribution in [2.75, 3.05) is 19.7 Å². The Morgan fingerprint density at radius 1 is 1.25 bits per heavy atom. The van der Waals surface area contributed by atoms with E-state index >= 15 is 0 Å². The molecule has 1 N–H and O–H groups in total. The van der Waals surface area contributed by atoms with E-state index in [4.69, 9.17) is 0 Å². The topological polar surface area (TPSA) is 40.5 Å². The molecule has 0 bridgehead atoms. The van der Waals surface area contributed by atoms with Gasteiger partial charge in [-0.3, -0.25) is 4.79 Å². The van der Waals surface area contributed by atoms with Crippen LogP contribution in [0.25, 0.3) is 0 Å². The second kappa shape index (κ2) is 6.75. The predicted molar refractivity (Wildman–Crippen MR) is 82.7 cm³/mol. The summed E-state index contributed by atoms with van der Waals surface area (Å²) in [6.07, 6.45) is 4.32. The van der Waals surface area contributed by atoms with Crippen molar-refractivity contribution in [3.8, 4) is 0 Å². The summed E-state index contributed by atoms with van der Waals surface area (Å²) in [7, 11) is 0. The maximum atomic E-state index is 13.8. The van der Waals surface area contributed by atoms with Gasteiger partial charge in [0, 0.05) is 24.1 Å². The molecule has 1 aromatic carbocycles. The molecule has 6 heteroatoms. The second-order valence-corrected chi connectivity index (χ2v) is 7.22. The van der Waals surface area contributed by atoms with E-state index in [1.165, 1.54) is 0 Å².